The zero-order valence-corrected chi connectivity index (χ0v) is 13.0. The Morgan fingerprint density at radius 2 is 2.36 bits per heavy atom. The van der Waals surface area contributed by atoms with Gasteiger partial charge >= 0.3 is 0 Å². The lowest BCUT2D eigenvalue weighted by atomic mass is 10.8. The molecule has 0 bridgehead atoms. The molecule has 0 fully saturated rings. The quantitative estimate of drug-likeness (QED) is 0.517. The molecule has 0 spiro atoms. The average Bonchev–Trinajstić information content (AvgIpc) is 2.14. The molecular weight excluding hydrogens is 321 g/mol. The van der Waals surface area contributed by atoms with Crippen LogP contribution < -0.4 is 0 Å². The highest BCUT2D eigenvalue weighted by Crippen LogP contribution is 2.62. The summed E-state index contributed by atoms with van der Waals surface area (Å²) < 4.78 is 8.31. The molecule has 0 saturated carbocycles. The number of thiocarbonyl (C=S) groups is 1. The highest BCUT2D eigenvalue weighted by Gasteiger charge is 2.22. The zero-order valence-electron chi connectivity index (χ0n) is 8.10. The number of hydrogen-bond donors (Lipinski definition) is 0. The second-order valence-corrected chi connectivity index (χ2v) is 10.5. The minimum Gasteiger partial charge on any atom is -0.327 e. The van der Waals surface area contributed by atoms with E-state index in [0.717, 1.165) is 10.2 Å². The van der Waals surface area contributed by atoms with Crippen LogP contribution in [0.2, 0.25) is 0 Å². The largest absolute Gasteiger partial charge is 0.327 e. The van der Waals surface area contributed by atoms with E-state index in [9.17, 15) is 0 Å². The van der Waals surface area contributed by atoms with Crippen LogP contribution in [0.5, 0.6) is 0 Å². The standard InChI is InChI=1S/C7H13BrNOPS3/c1-4-10-11(13,9(3)6-12)14-5-7(2)8/h6H,2,4-5H2,1,3H3. The van der Waals surface area contributed by atoms with Gasteiger partial charge in [-0.05, 0) is 23.2 Å². The summed E-state index contributed by atoms with van der Waals surface area (Å²) in [6.07, 6.45) is 0. The highest BCUT2D eigenvalue weighted by molar-refractivity contribution is 9.12. The fourth-order valence-corrected chi connectivity index (χ4v) is 6.52. The third-order valence-electron chi connectivity index (χ3n) is 1.22. The van der Waals surface area contributed by atoms with Gasteiger partial charge in [0.2, 0.25) is 5.62 Å². The van der Waals surface area contributed by atoms with Gasteiger partial charge < -0.3 is 9.19 Å². The molecule has 82 valence electrons. The summed E-state index contributed by atoms with van der Waals surface area (Å²) in [7, 11) is 1.85. The molecule has 0 aliphatic rings. The van der Waals surface area contributed by atoms with Crippen molar-refractivity contribution >= 4 is 62.4 Å². The van der Waals surface area contributed by atoms with E-state index in [2.05, 4.69) is 22.5 Å². The summed E-state index contributed by atoms with van der Waals surface area (Å²) in [5, 5.41) is 0. The van der Waals surface area contributed by atoms with Crippen molar-refractivity contribution in [1.29, 1.82) is 0 Å². The van der Waals surface area contributed by atoms with E-state index in [-0.39, 0.29) is 0 Å². The number of halogens is 1. The lowest BCUT2D eigenvalue weighted by Crippen LogP contribution is -2.11. The molecule has 0 aromatic carbocycles. The van der Waals surface area contributed by atoms with Crippen LogP contribution in [-0.2, 0) is 16.3 Å². The molecule has 2 nitrogen and oxygen atoms in total. The lowest BCUT2D eigenvalue weighted by molar-refractivity contribution is 0.369. The molecule has 1 atom stereocenters. The average molecular weight is 334 g/mol. The van der Waals surface area contributed by atoms with Crippen molar-refractivity contribution < 1.29 is 4.52 Å². The maximum atomic E-state index is 5.59. The predicted molar refractivity (Wildman–Crippen MR) is 77.9 cm³/mol. The molecule has 7 heteroatoms. The molecule has 14 heavy (non-hydrogen) atoms. The van der Waals surface area contributed by atoms with E-state index in [4.69, 9.17) is 28.5 Å². The van der Waals surface area contributed by atoms with Crippen LogP contribution in [0.1, 0.15) is 6.92 Å². The van der Waals surface area contributed by atoms with Gasteiger partial charge in [-0.2, -0.15) is 0 Å². The van der Waals surface area contributed by atoms with Gasteiger partial charge in [0.1, 0.15) is 0 Å². The van der Waals surface area contributed by atoms with Gasteiger partial charge in [-0.25, -0.2) is 0 Å². The number of rotatable bonds is 7. The van der Waals surface area contributed by atoms with Gasteiger partial charge in [-0.1, -0.05) is 46.1 Å². The van der Waals surface area contributed by atoms with Gasteiger partial charge in [0.25, 0.3) is 0 Å². The van der Waals surface area contributed by atoms with Crippen molar-refractivity contribution in [2.24, 2.45) is 0 Å². The maximum absolute atomic E-state index is 5.59. The molecule has 0 radical (unpaired) electrons. The zero-order chi connectivity index (χ0) is 11.2. The molecule has 0 aliphatic heterocycles. The van der Waals surface area contributed by atoms with Gasteiger partial charge in [-0.15, -0.1) is 0 Å². The van der Waals surface area contributed by atoms with Crippen LogP contribution in [0.3, 0.4) is 0 Å². The van der Waals surface area contributed by atoms with Crippen LogP contribution in [0.4, 0.5) is 0 Å². The number of hydrogen-bond acceptors (Lipinski definition) is 4. The van der Waals surface area contributed by atoms with E-state index in [1.807, 2.05) is 18.6 Å². The van der Waals surface area contributed by atoms with Crippen molar-refractivity contribution in [3.8, 4) is 0 Å². The lowest BCUT2D eigenvalue weighted by Gasteiger charge is -2.28. The number of nitrogens with zero attached hydrogens (tertiary/aromatic N) is 1. The minimum atomic E-state index is -2.03. The van der Waals surface area contributed by atoms with Crippen LogP contribution in [0.25, 0.3) is 0 Å². The maximum Gasteiger partial charge on any atom is 0.213 e. The molecule has 0 N–H and O–H groups in total. The molecule has 0 saturated heterocycles. The third-order valence-corrected chi connectivity index (χ3v) is 9.11. The van der Waals surface area contributed by atoms with Crippen molar-refractivity contribution in [3.05, 3.63) is 11.1 Å². The first kappa shape index (κ1) is 15.1. The minimum absolute atomic E-state index is 0.604. The van der Waals surface area contributed by atoms with Crippen molar-refractivity contribution in [1.82, 2.24) is 4.67 Å². The Morgan fingerprint density at radius 3 is 2.71 bits per heavy atom. The molecule has 0 amide bonds. The summed E-state index contributed by atoms with van der Waals surface area (Å²) >= 11 is 15.2. The molecule has 0 aromatic rings. The normalized spacial score (nSPS) is 14.5. The summed E-state index contributed by atoms with van der Waals surface area (Å²) in [6.45, 7) is 6.30. The van der Waals surface area contributed by atoms with Crippen molar-refractivity contribution in [3.63, 3.8) is 0 Å². The predicted octanol–water partition coefficient (Wildman–Crippen LogP) is 3.78. The molecule has 0 heterocycles. The summed E-state index contributed by atoms with van der Waals surface area (Å²) in [5.74, 6) is 0.741. The summed E-state index contributed by atoms with van der Waals surface area (Å²) in [5.41, 5.74) is -0.489. The second-order valence-electron chi connectivity index (χ2n) is 2.36. The Kier molecular flexibility index (Phi) is 7.92. The van der Waals surface area contributed by atoms with Crippen molar-refractivity contribution in [2.75, 3.05) is 19.4 Å². The van der Waals surface area contributed by atoms with E-state index >= 15 is 0 Å². The first-order valence-electron chi connectivity index (χ1n) is 3.87. The fourth-order valence-electron chi connectivity index (χ4n) is 0.592. The third kappa shape index (κ3) is 5.24. The van der Waals surface area contributed by atoms with Crippen LogP contribution in [0.15, 0.2) is 11.1 Å². The Bertz CT molecular complexity index is 261. The molecule has 0 aromatic heterocycles. The summed E-state index contributed by atoms with van der Waals surface area (Å²) in [6, 6.07) is 0. The first-order valence-corrected chi connectivity index (χ1v) is 9.40. The van der Waals surface area contributed by atoms with E-state index in [1.165, 1.54) is 0 Å². The van der Waals surface area contributed by atoms with Crippen LogP contribution in [0, 0.1) is 0 Å². The SMILES string of the molecule is C=C(Br)CSP(=S)(OCC)N(C)C=S. The summed E-state index contributed by atoms with van der Waals surface area (Å²) in [4.78, 5) is 0. The van der Waals surface area contributed by atoms with Gasteiger partial charge in [-0.3, -0.25) is 0 Å². The van der Waals surface area contributed by atoms with E-state index < -0.39 is 5.62 Å². The monoisotopic (exact) mass is 333 g/mol. The molecular formula is C7H13BrNOPS3. The highest BCUT2D eigenvalue weighted by atomic mass is 79.9. The van der Waals surface area contributed by atoms with E-state index in [0.29, 0.717) is 6.61 Å². The first-order chi connectivity index (χ1) is 6.46. The Balaban J connectivity index is 4.46. The van der Waals surface area contributed by atoms with Crippen molar-refractivity contribution in [2.45, 2.75) is 6.92 Å². The Labute approximate surface area is 108 Å². The van der Waals surface area contributed by atoms with Crippen LogP contribution >= 0.6 is 45.1 Å². The van der Waals surface area contributed by atoms with Gasteiger partial charge in [0, 0.05) is 12.8 Å². The fraction of sp³-hybridized carbons (Fsp3) is 0.571. The Morgan fingerprint density at radius 1 is 1.79 bits per heavy atom. The van der Waals surface area contributed by atoms with Crippen LogP contribution in [-0.4, -0.2) is 29.6 Å². The smallest absolute Gasteiger partial charge is 0.213 e. The molecule has 0 aliphatic carbocycles. The molecule has 1 unspecified atom stereocenters. The van der Waals surface area contributed by atoms with E-state index in [1.54, 1.807) is 16.9 Å². The van der Waals surface area contributed by atoms with Gasteiger partial charge in [0.05, 0.1) is 12.1 Å². The topological polar surface area (TPSA) is 12.5 Å². The second kappa shape index (κ2) is 7.36. The molecule has 0 rings (SSSR count). The van der Waals surface area contributed by atoms with Gasteiger partial charge in [0.15, 0.2) is 0 Å². The Hall–Kier alpha value is 1.07.